The van der Waals surface area contributed by atoms with Gasteiger partial charge < -0.3 is 5.11 Å². The number of aryl methyl sites for hydroxylation is 1. The van der Waals surface area contributed by atoms with E-state index in [9.17, 15) is 9.90 Å². The van der Waals surface area contributed by atoms with E-state index in [1.54, 1.807) is 7.05 Å². The molecular weight excluding hydrogens is 238 g/mol. The molecule has 0 aliphatic rings. The van der Waals surface area contributed by atoms with Crippen LogP contribution in [0, 0.1) is 12.3 Å². The minimum Gasteiger partial charge on any atom is -0.515 e. The summed E-state index contributed by atoms with van der Waals surface area (Å²) in [6, 6.07) is 7.71. The first kappa shape index (κ1) is 15.2. The van der Waals surface area contributed by atoms with E-state index in [1.165, 1.54) is 0 Å². The molecule has 0 radical (unpaired) electrons. The minimum absolute atomic E-state index is 0.129. The highest BCUT2D eigenvalue weighted by atomic mass is 16.2. The third-order valence-corrected chi connectivity index (χ3v) is 2.86. The SMILES string of the molecule is CN=C(/C(=C/O)C(=O)C(C)(C)C)c1ccc(C)cc1. The van der Waals surface area contributed by atoms with Crippen LogP contribution in [0.5, 0.6) is 0 Å². The van der Waals surface area contributed by atoms with Crippen molar-refractivity contribution >= 4 is 11.5 Å². The zero-order valence-electron chi connectivity index (χ0n) is 12.2. The van der Waals surface area contributed by atoms with E-state index in [4.69, 9.17) is 0 Å². The van der Waals surface area contributed by atoms with Crippen LogP contribution in [0.25, 0.3) is 0 Å². The number of nitrogens with zero attached hydrogens (tertiary/aromatic N) is 1. The Balaban J connectivity index is 3.23. The molecule has 0 amide bonds. The van der Waals surface area contributed by atoms with Crippen molar-refractivity contribution in [2.45, 2.75) is 27.7 Å². The first-order chi connectivity index (χ1) is 8.81. The van der Waals surface area contributed by atoms with E-state index in [2.05, 4.69) is 4.99 Å². The number of carbonyl (C=O) groups is 1. The summed E-state index contributed by atoms with van der Waals surface area (Å²) in [4.78, 5) is 16.5. The first-order valence-electron chi connectivity index (χ1n) is 6.24. The molecular formula is C16H21NO2. The molecule has 0 aliphatic carbocycles. The fourth-order valence-electron chi connectivity index (χ4n) is 1.75. The second-order valence-electron chi connectivity index (χ2n) is 5.56. The number of allylic oxidation sites excluding steroid dienone is 1. The normalized spacial score (nSPS) is 13.5. The van der Waals surface area contributed by atoms with Crippen LogP contribution in [0.2, 0.25) is 0 Å². The molecule has 0 heterocycles. The zero-order valence-corrected chi connectivity index (χ0v) is 12.2. The Morgan fingerprint density at radius 3 is 2.11 bits per heavy atom. The summed E-state index contributed by atoms with van der Waals surface area (Å²) in [5.74, 6) is -0.129. The molecule has 0 aliphatic heterocycles. The summed E-state index contributed by atoms with van der Waals surface area (Å²) in [6.45, 7) is 7.46. The summed E-state index contributed by atoms with van der Waals surface area (Å²) in [5, 5.41) is 9.41. The first-order valence-corrected chi connectivity index (χ1v) is 6.24. The Hall–Kier alpha value is -1.90. The largest absolute Gasteiger partial charge is 0.515 e. The molecule has 19 heavy (non-hydrogen) atoms. The van der Waals surface area contributed by atoms with Crippen molar-refractivity contribution in [3.05, 3.63) is 47.2 Å². The average Bonchev–Trinajstić information content (AvgIpc) is 2.35. The molecule has 0 saturated carbocycles. The molecule has 102 valence electrons. The van der Waals surface area contributed by atoms with Crippen molar-refractivity contribution in [3.63, 3.8) is 0 Å². The summed E-state index contributed by atoms with van der Waals surface area (Å²) in [5.41, 5.74) is 2.16. The molecule has 3 nitrogen and oxygen atoms in total. The lowest BCUT2D eigenvalue weighted by atomic mass is 9.83. The van der Waals surface area contributed by atoms with Gasteiger partial charge in [0.25, 0.3) is 0 Å². The topological polar surface area (TPSA) is 49.7 Å². The fourth-order valence-corrected chi connectivity index (χ4v) is 1.75. The third-order valence-electron chi connectivity index (χ3n) is 2.86. The van der Waals surface area contributed by atoms with E-state index in [0.29, 0.717) is 5.71 Å². The number of aliphatic imine (C=N–C) groups is 1. The summed E-state index contributed by atoms with van der Waals surface area (Å²) in [7, 11) is 1.62. The molecule has 0 bridgehead atoms. The van der Waals surface area contributed by atoms with Gasteiger partial charge >= 0.3 is 0 Å². The monoisotopic (exact) mass is 259 g/mol. The molecule has 1 N–H and O–H groups in total. The van der Waals surface area contributed by atoms with Gasteiger partial charge in [-0.15, -0.1) is 0 Å². The molecule has 0 atom stereocenters. The average molecular weight is 259 g/mol. The van der Waals surface area contributed by atoms with Crippen LogP contribution in [0.15, 0.2) is 41.1 Å². The van der Waals surface area contributed by atoms with Crippen LogP contribution in [-0.4, -0.2) is 23.6 Å². The second-order valence-corrected chi connectivity index (χ2v) is 5.56. The van der Waals surface area contributed by atoms with Crippen molar-refractivity contribution < 1.29 is 9.90 Å². The Bertz CT molecular complexity index is 517. The van der Waals surface area contributed by atoms with E-state index >= 15 is 0 Å². The van der Waals surface area contributed by atoms with Crippen LogP contribution in [0.1, 0.15) is 31.9 Å². The second kappa shape index (κ2) is 5.83. The van der Waals surface area contributed by atoms with Crippen LogP contribution < -0.4 is 0 Å². The van der Waals surface area contributed by atoms with Gasteiger partial charge in [0.2, 0.25) is 0 Å². The predicted molar refractivity (Wildman–Crippen MR) is 78.8 cm³/mol. The van der Waals surface area contributed by atoms with Crippen LogP contribution in [-0.2, 0) is 4.79 Å². The molecule has 1 aromatic rings. The maximum Gasteiger partial charge on any atom is 0.173 e. The number of aliphatic hydroxyl groups is 1. The van der Waals surface area contributed by atoms with Gasteiger partial charge in [-0.25, -0.2) is 0 Å². The fraction of sp³-hybridized carbons (Fsp3) is 0.375. The van der Waals surface area contributed by atoms with Gasteiger partial charge in [0.05, 0.1) is 17.5 Å². The highest BCUT2D eigenvalue weighted by Gasteiger charge is 2.28. The lowest BCUT2D eigenvalue weighted by molar-refractivity contribution is -0.122. The number of hydrogen-bond donors (Lipinski definition) is 1. The quantitative estimate of drug-likeness (QED) is 0.513. The van der Waals surface area contributed by atoms with Crippen molar-refractivity contribution in [1.29, 1.82) is 0 Å². The third kappa shape index (κ3) is 3.53. The number of benzene rings is 1. The lowest BCUT2D eigenvalue weighted by Crippen LogP contribution is -2.26. The van der Waals surface area contributed by atoms with Crippen molar-refractivity contribution in [2.75, 3.05) is 7.05 Å². The number of carbonyl (C=O) groups excluding carboxylic acids is 1. The zero-order chi connectivity index (χ0) is 14.6. The molecule has 0 unspecified atom stereocenters. The predicted octanol–water partition coefficient (Wildman–Crippen LogP) is 3.47. The molecule has 3 heteroatoms. The van der Waals surface area contributed by atoms with Gasteiger partial charge in [-0.1, -0.05) is 50.6 Å². The number of Topliss-reactive ketones (excluding diaryl/α,β-unsaturated/α-hetero) is 1. The molecule has 0 spiro atoms. The number of rotatable bonds is 3. The Morgan fingerprint density at radius 2 is 1.74 bits per heavy atom. The number of aliphatic hydroxyl groups excluding tert-OH is 1. The van der Waals surface area contributed by atoms with Gasteiger partial charge in [0.15, 0.2) is 5.78 Å². The minimum atomic E-state index is -0.560. The Morgan fingerprint density at radius 1 is 1.21 bits per heavy atom. The van der Waals surface area contributed by atoms with Gasteiger partial charge in [0, 0.05) is 18.0 Å². The van der Waals surface area contributed by atoms with Crippen LogP contribution >= 0.6 is 0 Å². The van der Waals surface area contributed by atoms with Gasteiger partial charge in [0.1, 0.15) is 0 Å². The summed E-state index contributed by atoms with van der Waals surface area (Å²) >= 11 is 0. The van der Waals surface area contributed by atoms with Gasteiger partial charge in [-0.05, 0) is 6.92 Å². The molecule has 1 rings (SSSR count). The van der Waals surface area contributed by atoms with Crippen LogP contribution in [0.4, 0.5) is 0 Å². The van der Waals surface area contributed by atoms with Gasteiger partial charge in [-0.2, -0.15) is 0 Å². The highest BCUT2D eigenvalue weighted by Crippen LogP contribution is 2.23. The van der Waals surface area contributed by atoms with E-state index < -0.39 is 5.41 Å². The van der Waals surface area contributed by atoms with Crippen molar-refractivity contribution in [1.82, 2.24) is 0 Å². The summed E-state index contributed by atoms with van der Waals surface area (Å²) in [6.07, 6.45) is 0.857. The molecule has 0 fully saturated rings. The van der Waals surface area contributed by atoms with E-state index in [1.807, 2.05) is 52.0 Å². The van der Waals surface area contributed by atoms with Crippen LogP contribution in [0.3, 0.4) is 0 Å². The van der Waals surface area contributed by atoms with E-state index in [-0.39, 0.29) is 11.4 Å². The Kier molecular flexibility index (Phi) is 4.65. The maximum atomic E-state index is 12.3. The Labute approximate surface area is 114 Å². The summed E-state index contributed by atoms with van der Waals surface area (Å²) < 4.78 is 0. The highest BCUT2D eigenvalue weighted by molar-refractivity contribution is 6.29. The number of ketones is 1. The maximum absolute atomic E-state index is 12.3. The smallest absolute Gasteiger partial charge is 0.173 e. The van der Waals surface area contributed by atoms with Gasteiger partial charge in [-0.3, -0.25) is 9.79 Å². The number of hydrogen-bond acceptors (Lipinski definition) is 3. The van der Waals surface area contributed by atoms with Crippen molar-refractivity contribution in [2.24, 2.45) is 10.4 Å². The molecule has 0 aromatic heterocycles. The lowest BCUT2D eigenvalue weighted by Gasteiger charge is -2.19. The van der Waals surface area contributed by atoms with Crippen molar-refractivity contribution in [3.8, 4) is 0 Å². The van der Waals surface area contributed by atoms with E-state index in [0.717, 1.165) is 17.4 Å². The standard InChI is InChI=1S/C16H21NO2/c1-11-6-8-12(9-7-11)14(17-5)13(10-18)15(19)16(2,3)4/h6-10,18H,1-5H3/b13-10-,17-14?. The molecule has 0 saturated heterocycles. The molecule has 1 aromatic carbocycles.